The molecule has 0 aliphatic carbocycles. The molecule has 10 heteroatoms. The number of benzene rings is 1. The summed E-state index contributed by atoms with van der Waals surface area (Å²) in [6, 6.07) is 6.05. The molecule has 1 amide bonds. The average molecular weight is 464 g/mol. The van der Waals surface area contributed by atoms with E-state index in [0.29, 0.717) is 19.0 Å². The van der Waals surface area contributed by atoms with E-state index in [1.165, 1.54) is 5.57 Å². The summed E-state index contributed by atoms with van der Waals surface area (Å²) in [5, 5.41) is 15.0. The largest absolute Gasteiger partial charge is 0.480 e. The van der Waals surface area contributed by atoms with Crippen molar-refractivity contribution in [3.8, 4) is 5.88 Å². The summed E-state index contributed by atoms with van der Waals surface area (Å²) in [4.78, 5) is 23.1. The van der Waals surface area contributed by atoms with Gasteiger partial charge in [-0.2, -0.15) is 0 Å². The van der Waals surface area contributed by atoms with Gasteiger partial charge in [0.05, 0.1) is 24.1 Å². The quantitative estimate of drug-likeness (QED) is 0.497. The molecule has 2 aliphatic rings. The molecule has 0 saturated heterocycles. The zero-order chi connectivity index (χ0) is 23.9. The third-order valence-corrected chi connectivity index (χ3v) is 5.99. The van der Waals surface area contributed by atoms with Gasteiger partial charge in [-0.15, -0.1) is 5.10 Å². The maximum Gasteiger partial charge on any atom is 0.410 e. The predicted octanol–water partition coefficient (Wildman–Crippen LogP) is 4.01. The fourth-order valence-electron chi connectivity index (χ4n) is 4.34. The first-order chi connectivity index (χ1) is 16.3. The summed E-state index contributed by atoms with van der Waals surface area (Å²) in [5.41, 5.74) is 3.61. The number of anilines is 3. The van der Waals surface area contributed by atoms with Crippen molar-refractivity contribution < 1.29 is 14.3 Å². The number of carbonyl (C=O) groups excluding carboxylic acids is 1. The fourth-order valence-corrected chi connectivity index (χ4v) is 4.34. The Hall–Kier alpha value is -3.82. The molecule has 3 aromatic rings. The van der Waals surface area contributed by atoms with E-state index in [2.05, 4.69) is 36.9 Å². The number of nitrogens with zero attached hydrogens (tertiary/aromatic N) is 4. The Bertz CT molecular complexity index is 1260. The lowest BCUT2D eigenvalue weighted by Gasteiger charge is -2.31. The average Bonchev–Trinajstić information content (AvgIpc) is 3.42. The summed E-state index contributed by atoms with van der Waals surface area (Å²) in [7, 11) is 1.60. The number of aromatic nitrogens is 4. The molecule has 3 N–H and O–H groups in total. The lowest BCUT2D eigenvalue weighted by Crippen LogP contribution is -2.40. The Morgan fingerprint density at radius 3 is 2.85 bits per heavy atom. The van der Waals surface area contributed by atoms with E-state index in [1.807, 2.05) is 39.0 Å². The predicted molar refractivity (Wildman–Crippen MR) is 130 cm³/mol. The Morgan fingerprint density at radius 1 is 1.26 bits per heavy atom. The molecule has 1 unspecified atom stereocenters. The standard InChI is InChI=1S/C24H29N7O3/c1-24(2,3)34-23(32)31-9-7-14(8-10-31)19-12-17-20(25-13-26-21(17)28-19)27-15-5-6-18-16(11-15)22(33-4)30-29-18/h5-7,11,13,19H,8-10,12H2,1-4H3,(H,29,30)(H2,25,26,27,28). The highest BCUT2D eigenvalue weighted by atomic mass is 16.6. The van der Waals surface area contributed by atoms with E-state index in [1.54, 1.807) is 18.3 Å². The van der Waals surface area contributed by atoms with Crippen molar-refractivity contribution in [2.75, 3.05) is 30.8 Å². The molecule has 2 aromatic heterocycles. The van der Waals surface area contributed by atoms with Gasteiger partial charge in [0, 0.05) is 30.8 Å². The first-order valence-corrected chi connectivity index (χ1v) is 11.4. The van der Waals surface area contributed by atoms with Crippen LogP contribution in [0.1, 0.15) is 32.8 Å². The number of ether oxygens (including phenoxy) is 2. The molecule has 4 heterocycles. The third-order valence-electron chi connectivity index (χ3n) is 5.99. The Kier molecular flexibility index (Phi) is 5.51. The summed E-state index contributed by atoms with van der Waals surface area (Å²) < 4.78 is 10.8. The Labute approximate surface area is 197 Å². The van der Waals surface area contributed by atoms with Crippen molar-refractivity contribution in [3.05, 3.63) is 41.7 Å². The number of fused-ring (bicyclic) bond motifs is 2. The minimum atomic E-state index is -0.495. The van der Waals surface area contributed by atoms with Gasteiger partial charge < -0.3 is 25.0 Å². The van der Waals surface area contributed by atoms with Gasteiger partial charge in [0.2, 0.25) is 5.88 Å². The number of H-pyrrole nitrogens is 1. The molecule has 0 fully saturated rings. The molecular weight excluding hydrogens is 434 g/mol. The first kappa shape index (κ1) is 22.0. The van der Waals surface area contributed by atoms with Crippen LogP contribution in [-0.4, -0.2) is 63.0 Å². The lowest BCUT2D eigenvalue weighted by atomic mass is 9.97. The van der Waals surface area contributed by atoms with Crippen LogP contribution in [0, 0.1) is 0 Å². The van der Waals surface area contributed by atoms with Crippen molar-refractivity contribution in [2.24, 2.45) is 0 Å². The van der Waals surface area contributed by atoms with Crippen LogP contribution in [0.2, 0.25) is 0 Å². The van der Waals surface area contributed by atoms with Gasteiger partial charge in [-0.05, 0) is 51.0 Å². The van der Waals surface area contributed by atoms with Crippen molar-refractivity contribution in [3.63, 3.8) is 0 Å². The molecule has 1 aromatic carbocycles. The second-order valence-electron chi connectivity index (χ2n) is 9.52. The summed E-state index contributed by atoms with van der Waals surface area (Å²) in [6.07, 6.45) is 4.98. The second-order valence-corrected chi connectivity index (χ2v) is 9.52. The van der Waals surface area contributed by atoms with E-state index < -0.39 is 5.60 Å². The van der Waals surface area contributed by atoms with Crippen molar-refractivity contribution in [1.29, 1.82) is 0 Å². The number of aromatic amines is 1. The van der Waals surface area contributed by atoms with E-state index in [9.17, 15) is 4.79 Å². The summed E-state index contributed by atoms with van der Waals surface area (Å²) >= 11 is 0. The second kappa shape index (κ2) is 8.51. The van der Waals surface area contributed by atoms with Gasteiger partial charge in [-0.3, -0.25) is 5.10 Å². The number of hydrogen-bond acceptors (Lipinski definition) is 8. The van der Waals surface area contributed by atoms with Crippen molar-refractivity contribution >= 4 is 34.3 Å². The van der Waals surface area contributed by atoms with Gasteiger partial charge in [0.15, 0.2) is 0 Å². The van der Waals surface area contributed by atoms with Gasteiger partial charge in [-0.25, -0.2) is 14.8 Å². The van der Waals surface area contributed by atoms with E-state index in [0.717, 1.165) is 46.6 Å². The SMILES string of the molecule is COc1n[nH]c2ccc(Nc3ncnc4c3CC(C3=CCN(C(=O)OC(C)(C)C)CC3)N4)cc12. The van der Waals surface area contributed by atoms with Crippen LogP contribution in [0.4, 0.5) is 22.1 Å². The van der Waals surface area contributed by atoms with Crippen LogP contribution in [0.25, 0.3) is 10.9 Å². The number of hydrogen-bond donors (Lipinski definition) is 3. The fraction of sp³-hybridized carbons (Fsp3) is 0.417. The first-order valence-electron chi connectivity index (χ1n) is 11.4. The minimum Gasteiger partial charge on any atom is -0.480 e. The van der Waals surface area contributed by atoms with E-state index in [4.69, 9.17) is 9.47 Å². The Balaban J connectivity index is 1.29. The van der Waals surface area contributed by atoms with Crippen molar-refractivity contribution in [2.45, 2.75) is 45.3 Å². The van der Waals surface area contributed by atoms with Crippen LogP contribution in [-0.2, 0) is 11.2 Å². The normalized spacial score (nSPS) is 17.7. The van der Waals surface area contributed by atoms with Gasteiger partial charge >= 0.3 is 6.09 Å². The molecular formula is C24H29N7O3. The maximum atomic E-state index is 12.4. The lowest BCUT2D eigenvalue weighted by molar-refractivity contribution is 0.0265. The number of nitrogens with one attached hydrogen (secondary N) is 3. The molecule has 34 heavy (non-hydrogen) atoms. The Morgan fingerprint density at radius 2 is 2.12 bits per heavy atom. The number of methoxy groups -OCH3 is 1. The van der Waals surface area contributed by atoms with Crippen molar-refractivity contribution in [1.82, 2.24) is 25.1 Å². The molecule has 178 valence electrons. The zero-order valence-electron chi connectivity index (χ0n) is 19.8. The number of carbonyl (C=O) groups is 1. The van der Waals surface area contributed by atoms with Crippen LogP contribution in [0.5, 0.6) is 5.88 Å². The van der Waals surface area contributed by atoms with Crippen LogP contribution in [0.15, 0.2) is 36.2 Å². The van der Waals surface area contributed by atoms with Crippen LogP contribution in [0.3, 0.4) is 0 Å². The number of amides is 1. The highest BCUT2D eigenvalue weighted by Crippen LogP contribution is 2.35. The molecule has 0 bridgehead atoms. The van der Waals surface area contributed by atoms with Crippen LogP contribution < -0.4 is 15.4 Å². The highest BCUT2D eigenvalue weighted by Gasteiger charge is 2.31. The van der Waals surface area contributed by atoms with Gasteiger partial charge in [-0.1, -0.05) is 6.08 Å². The summed E-state index contributed by atoms with van der Waals surface area (Å²) in [6.45, 7) is 6.82. The van der Waals surface area contributed by atoms with Gasteiger partial charge in [0.1, 0.15) is 23.6 Å². The summed E-state index contributed by atoms with van der Waals surface area (Å²) in [5.74, 6) is 2.16. The molecule has 0 radical (unpaired) electrons. The topological polar surface area (TPSA) is 117 Å². The number of rotatable bonds is 4. The zero-order valence-corrected chi connectivity index (χ0v) is 19.8. The third kappa shape index (κ3) is 4.35. The molecule has 10 nitrogen and oxygen atoms in total. The molecule has 2 aliphatic heterocycles. The van der Waals surface area contributed by atoms with Gasteiger partial charge in [0.25, 0.3) is 0 Å². The maximum absolute atomic E-state index is 12.4. The molecule has 0 saturated carbocycles. The molecule has 1 atom stereocenters. The smallest absolute Gasteiger partial charge is 0.410 e. The molecule has 5 rings (SSSR count). The van der Waals surface area contributed by atoms with Crippen LogP contribution >= 0.6 is 0 Å². The highest BCUT2D eigenvalue weighted by molar-refractivity contribution is 5.88. The monoisotopic (exact) mass is 463 g/mol. The molecule has 0 spiro atoms. The van der Waals surface area contributed by atoms with E-state index in [-0.39, 0.29) is 12.1 Å². The minimum absolute atomic E-state index is 0.129. The van der Waals surface area contributed by atoms with E-state index >= 15 is 0 Å².